The molecule has 0 atom stereocenters. The Morgan fingerprint density at radius 3 is 2.66 bits per heavy atom. The monoisotopic (exact) mass is 406 g/mol. The smallest absolute Gasteiger partial charge is 0.343 e. The number of fused-ring (bicyclic) bond motifs is 1. The number of benzene rings is 1. The van der Waals surface area contributed by atoms with Gasteiger partial charge in [0.1, 0.15) is 0 Å². The Balaban J connectivity index is 1.51. The predicted molar refractivity (Wildman–Crippen MR) is 97.5 cm³/mol. The van der Waals surface area contributed by atoms with E-state index in [-0.39, 0.29) is 24.6 Å². The van der Waals surface area contributed by atoms with E-state index in [1.807, 2.05) is 0 Å². The van der Waals surface area contributed by atoms with Crippen molar-refractivity contribution in [2.24, 2.45) is 0 Å². The Kier molecular flexibility index (Phi) is 5.81. The van der Waals surface area contributed by atoms with Gasteiger partial charge < -0.3 is 10.2 Å². The summed E-state index contributed by atoms with van der Waals surface area (Å²) in [6, 6.07) is 5.74. The average Bonchev–Trinajstić information content (AvgIpc) is 2.69. The van der Waals surface area contributed by atoms with Crippen molar-refractivity contribution < 1.29 is 22.8 Å². The minimum Gasteiger partial charge on any atom is -0.343 e. The summed E-state index contributed by atoms with van der Waals surface area (Å²) < 4.78 is 37.6. The van der Waals surface area contributed by atoms with Gasteiger partial charge in [-0.2, -0.15) is 18.3 Å². The molecule has 0 saturated heterocycles. The second kappa shape index (κ2) is 8.29. The molecule has 152 valence electrons. The van der Waals surface area contributed by atoms with Crippen LogP contribution in [-0.4, -0.2) is 40.0 Å². The molecule has 1 aliphatic heterocycles. The molecule has 0 unspecified atom stereocenters. The molecule has 1 aromatic carbocycles. The zero-order valence-electron chi connectivity index (χ0n) is 15.1. The maximum atomic E-state index is 12.5. The van der Waals surface area contributed by atoms with E-state index in [2.05, 4.69) is 15.5 Å². The molecule has 0 fully saturated rings. The Morgan fingerprint density at radius 2 is 1.97 bits per heavy atom. The lowest BCUT2D eigenvalue weighted by Gasteiger charge is -2.27. The Labute approximate surface area is 163 Å². The largest absolute Gasteiger partial charge is 0.416 e. The molecule has 1 aromatic heterocycles. The lowest BCUT2D eigenvalue weighted by atomic mass is 10.1. The molecule has 2 aromatic rings. The van der Waals surface area contributed by atoms with E-state index in [0.29, 0.717) is 24.1 Å². The van der Waals surface area contributed by atoms with Crippen molar-refractivity contribution in [1.82, 2.24) is 20.4 Å². The molecule has 3 rings (SSSR count). The van der Waals surface area contributed by atoms with Crippen molar-refractivity contribution in [3.63, 3.8) is 0 Å². The second-order valence-corrected chi connectivity index (χ2v) is 6.44. The topological polar surface area (TPSA) is 95.2 Å². The minimum absolute atomic E-state index is 0.234. The average molecular weight is 406 g/mol. The van der Waals surface area contributed by atoms with Crippen LogP contribution < -0.4 is 10.9 Å². The van der Waals surface area contributed by atoms with Crippen LogP contribution in [0.1, 0.15) is 22.4 Å². The number of hydrogen-bond donors (Lipinski definition) is 2. The van der Waals surface area contributed by atoms with Crippen LogP contribution in [0.5, 0.6) is 0 Å². The van der Waals surface area contributed by atoms with Crippen LogP contribution in [0, 0.1) is 0 Å². The first-order chi connectivity index (χ1) is 13.7. The summed E-state index contributed by atoms with van der Waals surface area (Å²) in [5, 5.41) is 8.73. The fourth-order valence-corrected chi connectivity index (χ4v) is 2.85. The molecule has 1 aliphatic rings. The molecule has 10 heteroatoms. The van der Waals surface area contributed by atoms with Gasteiger partial charge in [-0.15, -0.1) is 0 Å². The SMILES string of the molecule is O=C(/C=C/c1ccc(C(F)(F)F)cc1)NCC(=O)N1CCc2n[nH]c(=O)cc2C1. The number of carbonyl (C=O) groups is 2. The lowest BCUT2D eigenvalue weighted by molar-refractivity contribution is -0.137. The van der Waals surface area contributed by atoms with Gasteiger partial charge in [0, 0.05) is 37.2 Å². The van der Waals surface area contributed by atoms with Crippen molar-refractivity contribution in [2.45, 2.75) is 19.1 Å². The molecule has 0 aliphatic carbocycles. The van der Waals surface area contributed by atoms with Gasteiger partial charge in [0.2, 0.25) is 11.8 Å². The van der Waals surface area contributed by atoms with Crippen molar-refractivity contribution in [1.29, 1.82) is 0 Å². The van der Waals surface area contributed by atoms with Crippen LogP contribution in [0.4, 0.5) is 13.2 Å². The highest BCUT2D eigenvalue weighted by atomic mass is 19.4. The highest BCUT2D eigenvalue weighted by Gasteiger charge is 2.29. The maximum absolute atomic E-state index is 12.5. The molecule has 2 N–H and O–H groups in total. The second-order valence-electron chi connectivity index (χ2n) is 6.44. The normalized spacial score (nSPS) is 14.0. The van der Waals surface area contributed by atoms with Crippen LogP contribution in [0.25, 0.3) is 6.08 Å². The highest BCUT2D eigenvalue weighted by Crippen LogP contribution is 2.29. The third-order valence-corrected chi connectivity index (χ3v) is 4.39. The molecule has 0 saturated carbocycles. The van der Waals surface area contributed by atoms with Gasteiger partial charge in [-0.1, -0.05) is 12.1 Å². The molecule has 2 amide bonds. The summed E-state index contributed by atoms with van der Waals surface area (Å²) in [6.07, 6.45) is -1.42. The summed E-state index contributed by atoms with van der Waals surface area (Å²) in [5.74, 6) is -0.860. The molecular formula is C19H17F3N4O3. The first kappa shape index (κ1) is 20.3. The summed E-state index contributed by atoms with van der Waals surface area (Å²) in [5.41, 5.74) is 0.702. The Bertz CT molecular complexity index is 997. The van der Waals surface area contributed by atoms with Gasteiger partial charge >= 0.3 is 6.18 Å². The third kappa shape index (κ3) is 5.31. The number of nitrogens with zero attached hydrogens (tertiary/aromatic N) is 2. The van der Waals surface area contributed by atoms with Gasteiger partial charge in [-0.25, -0.2) is 5.10 Å². The summed E-state index contributed by atoms with van der Waals surface area (Å²) in [6.45, 7) is 0.423. The third-order valence-electron chi connectivity index (χ3n) is 4.39. The summed E-state index contributed by atoms with van der Waals surface area (Å²) in [7, 11) is 0. The summed E-state index contributed by atoms with van der Waals surface area (Å²) in [4.78, 5) is 37.0. The first-order valence-corrected chi connectivity index (χ1v) is 8.71. The predicted octanol–water partition coefficient (Wildman–Crippen LogP) is 1.50. The van der Waals surface area contributed by atoms with Gasteiger partial charge in [0.25, 0.3) is 5.56 Å². The number of amides is 2. The Morgan fingerprint density at radius 1 is 1.24 bits per heavy atom. The van der Waals surface area contributed by atoms with E-state index in [9.17, 15) is 27.6 Å². The van der Waals surface area contributed by atoms with Crippen LogP contribution in [0.3, 0.4) is 0 Å². The van der Waals surface area contributed by atoms with Crippen LogP contribution >= 0.6 is 0 Å². The number of carbonyl (C=O) groups excluding carboxylic acids is 2. The molecule has 2 heterocycles. The number of H-pyrrole nitrogens is 1. The number of halogens is 3. The van der Waals surface area contributed by atoms with E-state index in [0.717, 1.165) is 23.9 Å². The number of aromatic nitrogens is 2. The number of aromatic amines is 1. The van der Waals surface area contributed by atoms with Crippen LogP contribution in [0.15, 0.2) is 41.2 Å². The quantitative estimate of drug-likeness (QED) is 0.753. The molecule has 29 heavy (non-hydrogen) atoms. The molecular weight excluding hydrogens is 389 g/mol. The first-order valence-electron chi connectivity index (χ1n) is 8.71. The number of alkyl halides is 3. The van der Waals surface area contributed by atoms with E-state index in [1.54, 1.807) is 0 Å². The minimum atomic E-state index is -4.42. The number of rotatable bonds is 4. The van der Waals surface area contributed by atoms with Gasteiger partial charge in [0.05, 0.1) is 17.8 Å². The molecule has 0 radical (unpaired) electrons. The zero-order valence-corrected chi connectivity index (χ0v) is 15.1. The van der Waals surface area contributed by atoms with E-state index < -0.39 is 17.6 Å². The Hall–Kier alpha value is -3.43. The maximum Gasteiger partial charge on any atom is 0.416 e. The van der Waals surface area contributed by atoms with Crippen molar-refractivity contribution >= 4 is 17.9 Å². The summed E-state index contributed by atoms with van der Waals surface area (Å²) >= 11 is 0. The van der Waals surface area contributed by atoms with Crippen molar-refractivity contribution in [3.05, 3.63) is 69.1 Å². The van der Waals surface area contributed by atoms with E-state index in [1.165, 1.54) is 29.2 Å². The van der Waals surface area contributed by atoms with Gasteiger partial charge in [0.15, 0.2) is 0 Å². The van der Waals surface area contributed by atoms with Gasteiger partial charge in [-0.05, 0) is 23.8 Å². The standard InChI is InChI=1S/C19H17F3N4O3/c20-19(21,22)14-4-1-12(2-5-14)3-6-16(27)23-10-18(29)26-8-7-15-13(11-26)9-17(28)25-24-15/h1-6,9H,7-8,10-11H2,(H,23,27)(H,25,28)/b6-3+. The van der Waals surface area contributed by atoms with Crippen molar-refractivity contribution in [2.75, 3.05) is 13.1 Å². The van der Waals surface area contributed by atoms with E-state index in [4.69, 9.17) is 0 Å². The number of nitrogens with one attached hydrogen (secondary N) is 2. The lowest BCUT2D eigenvalue weighted by Crippen LogP contribution is -2.42. The molecule has 0 spiro atoms. The van der Waals surface area contributed by atoms with Crippen LogP contribution in [0.2, 0.25) is 0 Å². The van der Waals surface area contributed by atoms with Crippen molar-refractivity contribution in [3.8, 4) is 0 Å². The fourth-order valence-electron chi connectivity index (χ4n) is 2.85. The molecule has 0 bridgehead atoms. The molecule has 7 nitrogen and oxygen atoms in total. The fraction of sp³-hybridized carbons (Fsp3) is 0.263. The van der Waals surface area contributed by atoms with Crippen LogP contribution in [-0.2, 0) is 28.7 Å². The van der Waals surface area contributed by atoms with E-state index >= 15 is 0 Å². The number of hydrogen-bond acceptors (Lipinski definition) is 4. The highest BCUT2D eigenvalue weighted by molar-refractivity contribution is 5.94. The zero-order chi connectivity index (χ0) is 21.0. The van der Waals surface area contributed by atoms with Gasteiger partial charge in [-0.3, -0.25) is 14.4 Å².